The van der Waals surface area contributed by atoms with Gasteiger partial charge in [0.25, 0.3) is 0 Å². The van der Waals surface area contributed by atoms with Gasteiger partial charge in [0.1, 0.15) is 5.75 Å². The first-order chi connectivity index (χ1) is 9.52. The van der Waals surface area contributed by atoms with Crippen LogP contribution in [0.1, 0.15) is 21.5 Å². The molecule has 0 amide bonds. The fraction of sp³-hybridized carbons (Fsp3) is 0.188. The quantitative estimate of drug-likeness (QED) is 0.682. The van der Waals surface area contributed by atoms with E-state index < -0.39 is 0 Å². The van der Waals surface area contributed by atoms with Crippen LogP contribution in [0.3, 0.4) is 0 Å². The SMILES string of the molecule is COc1ccc(CC(=O)c2cccc(Br)c2C)cc1Br. The number of hydrogen-bond donors (Lipinski definition) is 0. The average Bonchev–Trinajstić information content (AvgIpc) is 2.42. The van der Waals surface area contributed by atoms with Gasteiger partial charge in [0.2, 0.25) is 0 Å². The Labute approximate surface area is 135 Å². The number of benzene rings is 2. The molecule has 0 aliphatic carbocycles. The minimum Gasteiger partial charge on any atom is -0.496 e. The van der Waals surface area contributed by atoms with E-state index in [-0.39, 0.29) is 5.78 Å². The third kappa shape index (κ3) is 3.30. The molecule has 0 saturated carbocycles. The fourth-order valence-corrected chi connectivity index (χ4v) is 2.96. The number of rotatable bonds is 4. The number of carbonyl (C=O) groups excluding carboxylic acids is 1. The van der Waals surface area contributed by atoms with Gasteiger partial charge < -0.3 is 4.74 Å². The zero-order valence-corrected chi connectivity index (χ0v) is 14.4. The molecule has 20 heavy (non-hydrogen) atoms. The van der Waals surface area contributed by atoms with Gasteiger partial charge in [-0.2, -0.15) is 0 Å². The van der Waals surface area contributed by atoms with Gasteiger partial charge in [-0.1, -0.05) is 34.1 Å². The van der Waals surface area contributed by atoms with Crippen LogP contribution in [-0.2, 0) is 6.42 Å². The maximum atomic E-state index is 12.4. The van der Waals surface area contributed by atoms with E-state index in [1.807, 2.05) is 43.3 Å². The van der Waals surface area contributed by atoms with E-state index in [0.717, 1.165) is 31.4 Å². The van der Waals surface area contributed by atoms with Gasteiger partial charge in [0, 0.05) is 16.5 Å². The Kier molecular flexibility index (Phi) is 5.00. The smallest absolute Gasteiger partial charge is 0.167 e. The highest BCUT2D eigenvalue weighted by atomic mass is 79.9. The first kappa shape index (κ1) is 15.3. The molecule has 0 unspecified atom stereocenters. The second-order valence-electron chi connectivity index (χ2n) is 4.48. The van der Waals surface area contributed by atoms with Crippen LogP contribution in [0.5, 0.6) is 5.75 Å². The number of carbonyl (C=O) groups is 1. The molecule has 2 nitrogen and oxygen atoms in total. The molecule has 0 radical (unpaired) electrons. The molecule has 0 aliphatic heterocycles. The van der Waals surface area contributed by atoms with E-state index in [9.17, 15) is 4.79 Å². The minimum absolute atomic E-state index is 0.112. The summed E-state index contributed by atoms with van der Waals surface area (Å²) < 4.78 is 7.00. The lowest BCUT2D eigenvalue weighted by molar-refractivity contribution is 0.0992. The second-order valence-corrected chi connectivity index (χ2v) is 6.19. The Morgan fingerprint density at radius 2 is 1.90 bits per heavy atom. The Bertz CT molecular complexity index is 651. The predicted molar refractivity (Wildman–Crippen MR) is 87.6 cm³/mol. The number of halogens is 2. The lowest BCUT2D eigenvalue weighted by atomic mass is 9.99. The summed E-state index contributed by atoms with van der Waals surface area (Å²) >= 11 is 6.89. The molecular formula is C16H14Br2O2. The van der Waals surface area contributed by atoms with Crippen molar-refractivity contribution in [2.24, 2.45) is 0 Å². The van der Waals surface area contributed by atoms with Crippen molar-refractivity contribution in [3.63, 3.8) is 0 Å². The van der Waals surface area contributed by atoms with Gasteiger partial charge in [-0.25, -0.2) is 0 Å². The summed E-state index contributed by atoms with van der Waals surface area (Å²) in [5.74, 6) is 0.876. The van der Waals surface area contributed by atoms with Crippen LogP contribution in [-0.4, -0.2) is 12.9 Å². The summed E-state index contributed by atoms with van der Waals surface area (Å²) in [4.78, 5) is 12.4. The van der Waals surface area contributed by atoms with Gasteiger partial charge in [-0.3, -0.25) is 4.79 Å². The van der Waals surface area contributed by atoms with Crippen molar-refractivity contribution in [1.29, 1.82) is 0 Å². The molecule has 2 aromatic rings. The molecule has 2 aromatic carbocycles. The maximum absolute atomic E-state index is 12.4. The zero-order valence-electron chi connectivity index (χ0n) is 11.2. The summed E-state index contributed by atoms with van der Waals surface area (Å²) in [6, 6.07) is 11.4. The highest BCUT2D eigenvalue weighted by molar-refractivity contribution is 9.10. The second kappa shape index (κ2) is 6.55. The lowest BCUT2D eigenvalue weighted by Gasteiger charge is -2.08. The van der Waals surface area contributed by atoms with E-state index in [2.05, 4.69) is 31.9 Å². The summed E-state index contributed by atoms with van der Waals surface area (Å²) in [5.41, 5.74) is 2.69. The Balaban J connectivity index is 2.24. The summed E-state index contributed by atoms with van der Waals surface area (Å²) in [6.07, 6.45) is 0.375. The minimum atomic E-state index is 0.112. The number of ether oxygens (including phenoxy) is 1. The van der Waals surface area contributed by atoms with E-state index in [4.69, 9.17) is 4.74 Å². The van der Waals surface area contributed by atoms with Gasteiger partial charge in [-0.05, 0) is 52.2 Å². The van der Waals surface area contributed by atoms with Crippen molar-refractivity contribution in [1.82, 2.24) is 0 Å². The topological polar surface area (TPSA) is 26.3 Å². The van der Waals surface area contributed by atoms with Gasteiger partial charge >= 0.3 is 0 Å². The van der Waals surface area contributed by atoms with Gasteiger partial charge in [-0.15, -0.1) is 0 Å². The Morgan fingerprint density at radius 3 is 2.55 bits per heavy atom. The molecule has 4 heteroatoms. The van der Waals surface area contributed by atoms with E-state index in [1.165, 1.54) is 0 Å². The van der Waals surface area contributed by atoms with Crippen LogP contribution in [0.2, 0.25) is 0 Å². The third-order valence-electron chi connectivity index (χ3n) is 3.15. The molecule has 0 fully saturated rings. The van der Waals surface area contributed by atoms with Crippen molar-refractivity contribution >= 4 is 37.6 Å². The molecule has 0 aliphatic rings. The Morgan fingerprint density at radius 1 is 1.15 bits per heavy atom. The monoisotopic (exact) mass is 396 g/mol. The van der Waals surface area contributed by atoms with E-state index in [1.54, 1.807) is 7.11 Å². The molecule has 0 atom stereocenters. The third-order valence-corrected chi connectivity index (χ3v) is 4.63. The van der Waals surface area contributed by atoms with E-state index >= 15 is 0 Å². The van der Waals surface area contributed by atoms with Crippen molar-refractivity contribution in [2.45, 2.75) is 13.3 Å². The molecule has 0 saturated heterocycles. The highest BCUT2D eigenvalue weighted by Crippen LogP contribution is 2.27. The maximum Gasteiger partial charge on any atom is 0.167 e. The van der Waals surface area contributed by atoms with Crippen molar-refractivity contribution in [2.75, 3.05) is 7.11 Å². The van der Waals surface area contributed by atoms with Crippen LogP contribution in [0.4, 0.5) is 0 Å². The van der Waals surface area contributed by atoms with Crippen LogP contribution in [0.25, 0.3) is 0 Å². The van der Waals surface area contributed by atoms with Crippen LogP contribution < -0.4 is 4.74 Å². The lowest BCUT2D eigenvalue weighted by Crippen LogP contribution is -2.06. The molecule has 104 valence electrons. The molecule has 0 spiro atoms. The van der Waals surface area contributed by atoms with Crippen molar-refractivity contribution in [3.8, 4) is 5.75 Å². The molecule has 2 rings (SSSR count). The summed E-state index contributed by atoms with van der Waals surface area (Å²) in [7, 11) is 1.62. The molecule has 0 aromatic heterocycles. The molecular weight excluding hydrogens is 384 g/mol. The zero-order chi connectivity index (χ0) is 14.7. The normalized spacial score (nSPS) is 10.4. The van der Waals surface area contributed by atoms with Crippen LogP contribution in [0.15, 0.2) is 45.3 Å². The average molecular weight is 398 g/mol. The number of methoxy groups -OCH3 is 1. The number of ketones is 1. The molecule has 0 bridgehead atoms. The number of Topliss-reactive ketones (excluding diaryl/α,β-unsaturated/α-hetero) is 1. The molecule has 0 N–H and O–H groups in total. The highest BCUT2D eigenvalue weighted by Gasteiger charge is 2.12. The standard InChI is InChI=1S/C16H14Br2O2/c1-10-12(4-3-5-13(10)17)15(19)9-11-6-7-16(20-2)14(18)8-11/h3-8H,9H2,1-2H3. The van der Waals surface area contributed by atoms with Crippen molar-refractivity contribution in [3.05, 3.63) is 62.0 Å². The van der Waals surface area contributed by atoms with Gasteiger partial charge in [0.15, 0.2) is 5.78 Å². The first-order valence-corrected chi connectivity index (χ1v) is 7.72. The van der Waals surface area contributed by atoms with Crippen LogP contribution in [0, 0.1) is 6.92 Å². The summed E-state index contributed by atoms with van der Waals surface area (Å²) in [5, 5.41) is 0. The van der Waals surface area contributed by atoms with Gasteiger partial charge in [0.05, 0.1) is 11.6 Å². The largest absolute Gasteiger partial charge is 0.496 e. The number of hydrogen-bond acceptors (Lipinski definition) is 2. The molecule has 0 heterocycles. The predicted octanol–water partition coefficient (Wildman–Crippen LogP) is 4.95. The van der Waals surface area contributed by atoms with Crippen molar-refractivity contribution < 1.29 is 9.53 Å². The first-order valence-electron chi connectivity index (χ1n) is 6.13. The Hall–Kier alpha value is -1.13. The fourth-order valence-electron chi connectivity index (χ4n) is 2.01. The van der Waals surface area contributed by atoms with Crippen LogP contribution >= 0.6 is 31.9 Å². The van der Waals surface area contributed by atoms with E-state index in [0.29, 0.717) is 6.42 Å². The summed E-state index contributed by atoms with van der Waals surface area (Å²) in [6.45, 7) is 1.95.